The van der Waals surface area contributed by atoms with E-state index in [9.17, 15) is 8.42 Å². The molecule has 0 aliphatic rings. The molecule has 0 aliphatic carbocycles. The van der Waals surface area contributed by atoms with Gasteiger partial charge in [0.25, 0.3) is 0 Å². The van der Waals surface area contributed by atoms with E-state index in [4.69, 9.17) is 8.71 Å². The first-order chi connectivity index (χ1) is 18.0. The SMILES string of the molecule is COc1ccccc1S(=O)(=O)OP(c1ccccc1)(c1ccccc1)(c1ccccc1)c1ccccc1. The molecule has 0 aliphatic heterocycles. The van der Waals surface area contributed by atoms with Crippen LogP contribution in [0.4, 0.5) is 0 Å². The molecule has 0 aromatic heterocycles. The Morgan fingerprint density at radius 1 is 0.486 bits per heavy atom. The van der Waals surface area contributed by atoms with Crippen LogP contribution in [0.5, 0.6) is 5.75 Å². The van der Waals surface area contributed by atoms with E-state index in [0.29, 0.717) is 0 Å². The van der Waals surface area contributed by atoms with Gasteiger partial charge in [0.1, 0.15) is 0 Å². The molecule has 0 heterocycles. The normalized spacial score (nSPS) is 12.8. The van der Waals surface area contributed by atoms with E-state index in [0.717, 1.165) is 21.2 Å². The van der Waals surface area contributed by atoms with Crippen molar-refractivity contribution < 1.29 is 17.1 Å². The molecule has 0 unspecified atom stereocenters. The Hall–Kier alpha value is -3.76. The van der Waals surface area contributed by atoms with Crippen molar-refractivity contribution in [3.8, 4) is 5.75 Å². The fourth-order valence-electron chi connectivity index (χ4n) is 4.98. The van der Waals surface area contributed by atoms with Gasteiger partial charge in [0.2, 0.25) is 0 Å². The van der Waals surface area contributed by atoms with E-state index in [1.54, 1.807) is 18.2 Å². The Morgan fingerprint density at radius 3 is 1.16 bits per heavy atom. The summed E-state index contributed by atoms with van der Waals surface area (Å²) in [5, 5.41) is 3.09. The zero-order valence-corrected chi connectivity index (χ0v) is 22.1. The standard InChI is InChI=1S/C31H27O4PS/c1-34-30-24-14-15-25-31(30)37(32,33)35-36(26-16-6-2-7-17-26,27-18-8-3-9-19-27,28-20-10-4-11-21-28)29-22-12-5-13-23-29/h2-25H,1H3. The van der Waals surface area contributed by atoms with Gasteiger partial charge in [0, 0.05) is 0 Å². The van der Waals surface area contributed by atoms with Crippen LogP contribution in [0.25, 0.3) is 0 Å². The maximum atomic E-state index is 14.5. The topological polar surface area (TPSA) is 52.6 Å². The van der Waals surface area contributed by atoms with Crippen molar-refractivity contribution in [1.29, 1.82) is 0 Å². The summed E-state index contributed by atoms with van der Waals surface area (Å²) in [5.41, 5.74) is 0. The van der Waals surface area contributed by atoms with E-state index in [2.05, 4.69) is 0 Å². The molecule has 0 radical (unpaired) electrons. The fraction of sp³-hybridized carbons (Fsp3) is 0.0323. The van der Waals surface area contributed by atoms with Crippen LogP contribution in [0.2, 0.25) is 0 Å². The average molecular weight is 527 g/mol. The summed E-state index contributed by atoms with van der Waals surface area (Å²) in [6.07, 6.45) is 0. The number of hydrogen-bond acceptors (Lipinski definition) is 4. The number of benzene rings is 5. The third kappa shape index (κ3) is 3.96. The third-order valence-electron chi connectivity index (χ3n) is 6.58. The molecule has 5 rings (SSSR count). The first kappa shape index (κ1) is 24.9. The molecule has 5 aromatic carbocycles. The van der Waals surface area contributed by atoms with Crippen LogP contribution in [0, 0.1) is 0 Å². The minimum atomic E-state index is -4.38. The second-order valence-corrected chi connectivity index (χ2v) is 14.6. The van der Waals surface area contributed by atoms with Crippen LogP contribution < -0.4 is 26.0 Å². The molecular weight excluding hydrogens is 499 g/mol. The Kier molecular flexibility index (Phi) is 6.70. The van der Waals surface area contributed by atoms with Gasteiger partial charge in [-0.25, -0.2) is 0 Å². The molecule has 5 aromatic rings. The molecule has 0 bridgehead atoms. The average Bonchev–Trinajstić information content (AvgIpc) is 2.98. The molecule has 0 atom stereocenters. The summed E-state index contributed by atoms with van der Waals surface area (Å²) >= 11 is 0. The van der Waals surface area contributed by atoms with Crippen LogP contribution in [0.3, 0.4) is 0 Å². The number of rotatable bonds is 8. The van der Waals surface area contributed by atoms with E-state index in [1.807, 2.05) is 121 Å². The van der Waals surface area contributed by atoms with Crippen molar-refractivity contribution in [2.75, 3.05) is 7.11 Å². The molecular formula is C31H27O4PS. The van der Waals surface area contributed by atoms with E-state index in [1.165, 1.54) is 13.2 Å². The van der Waals surface area contributed by atoms with E-state index >= 15 is 0 Å². The van der Waals surface area contributed by atoms with Crippen molar-refractivity contribution >= 4 is 38.2 Å². The minimum absolute atomic E-state index is 0.0229. The van der Waals surface area contributed by atoms with Gasteiger partial charge in [0.05, 0.1) is 0 Å². The zero-order chi connectivity index (χ0) is 25.8. The molecule has 0 saturated carbocycles. The monoisotopic (exact) mass is 526 g/mol. The van der Waals surface area contributed by atoms with Gasteiger partial charge in [-0.05, 0) is 0 Å². The predicted molar refractivity (Wildman–Crippen MR) is 152 cm³/mol. The molecule has 0 spiro atoms. The summed E-state index contributed by atoms with van der Waals surface area (Å²) in [7, 11) is -2.92. The molecule has 186 valence electrons. The zero-order valence-electron chi connectivity index (χ0n) is 20.3. The molecule has 4 nitrogen and oxygen atoms in total. The second kappa shape index (κ2) is 9.95. The number of hydrogen-bond donors (Lipinski definition) is 0. The summed E-state index contributed by atoms with van der Waals surface area (Å²) < 4.78 is 41.3. The van der Waals surface area contributed by atoms with Crippen LogP contribution in [0.1, 0.15) is 0 Å². The number of methoxy groups -OCH3 is 1. The second-order valence-electron chi connectivity index (χ2n) is 8.56. The Bertz CT molecular complexity index is 1420. The van der Waals surface area contributed by atoms with Crippen LogP contribution >= 0.6 is 6.83 Å². The molecule has 37 heavy (non-hydrogen) atoms. The van der Waals surface area contributed by atoms with Gasteiger partial charge in [-0.15, -0.1) is 0 Å². The number of ether oxygens (including phenoxy) is 1. The van der Waals surface area contributed by atoms with Gasteiger partial charge in [0.15, 0.2) is 0 Å². The van der Waals surface area contributed by atoms with Gasteiger partial charge >= 0.3 is 219 Å². The van der Waals surface area contributed by atoms with E-state index < -0.39 is 16.9 Å². The van der Waals surface area contributed by atoms with Crippen molar-refractivity contribution in [1.82, 2.24) is 0 Å². The molecule has 0 N–H and O–H groups in total. The first-order valence-electron chi connectivity index (χ1n) is 11.9. The predicted octanol–water partition coefficient (Wildman–Crippen LogP) is 5.17. The van der Waals surface area contributed by atoms with Crippen molar-refractivity contribution in [2.24, 2.45) is 0 Å². The Balaban J connectivity index is 2.02. The van der Waals surface area contributed by atoms with Gasteiger partial charge in [-0.1, -0.05) is 0 Å². The summed E-state index contributed by atoms with van der Waals surface area (Å²) in [6.45, 7) is -4.38. The van der Waals surface area contributed by atoms with Gasteiger partial charge in [-0.3, -0.25) is 0 Å². The maximum absolute atomic E-state index is 14.5. The molecule has 0 amide bonds. The molecule has 0 fully saturated rings. The third-order valence-corrected chi connectivity index (χ3v) is 14.6. The van der Waals surface area contributed by atoms with Crippen LogP contribution in [-0.2, 0) is 14.1 Å². The Morgan fingerprint density at radius 2 is 0.811 bits per heavy atom. The van der Waals surface area contributed by atoms with Crippen molar-refractivity contribution in [3.05, 3.63) is 146 Å². The quantitative estimate of drug-likeness (QED) is 0.262. The summed E-state index contributed by atoms with van der Waals surface area (Å²) in [4.78, 5) is -0.0229. The van der Waals surface area contributed by atoms with Crippen molar-refractivity contribution in [2.45, 2.75) is 4.90 Å². The van der Waals surface area contributed by atoms with Crippen molar-refractivity contribution in [3.63, 3.8) is 0 Å². The van der Waals surface area contributed by atoms with E-state index in [-0.39, 0.29) is 10.6 Å². The Labute approximate surface area is 218 Å². The summed E-state index contributed by atoms with van der Waals surface area (Å²) in [6, 6.07) is 45.3. The summed E-state index contributed by atoms with van der Waals surface area (Å²) in [5.74, 6) is 0.223. The molecule has 6 heteroatoms. The van der Waals surface area contributed by atoms with Crippen LogP contribution in [-0.4, -0.2) is 15.5 Å². The van der Waals surface area contributed by atoms with Gasteiger partial charge in [-0.2, -0.15) is 0 Å². The number of para-hydroxylation sites is 1. The molecule has 0 saturated heterocycles. The fourth-order valence-corrected chi connectivity index (χ4v) is 13.6. The van der Waals surface area contributed by atoms with Gasteiger partial charge < -0.3 is 0 Å². The van der Waals surface area contributed by atoms with Crippen LogP contribution in [0.15, 0.2) is 150 Å². The first-order valence-corrected chi connectivity index (χ1v) is 15.4.